The molecule has 5 heteroatoms. The van der Waals surface area contributed by atoms with Gasteiger partial charge in [0.25, 0.3) is 0 Å². The van der Waals surface area contributed by atoms with Gasteiger partial charge in [-0.2, -0.15) is 11.3 Å². The van der Waals surface area contributed by atoms with Crippen molar-refractivity contribution in [2.45, 2.75) is 13.8 Å². The Labute approximate surface area is 92.3 Å². The van der Waals surface area contributed by atoms with Gasteiger partial charge in [0.2, 0.25) is 5.91 Å². The van der Waals surface area contributed by atoms with Crippen LogP contribution in [0, 0.1) is 5.41 Å². The summed E-state index contributed by atoms with van der Waals surface area (Å²) in [6, 6.07) is 1.83. The van der Waals surface area contributed by atoms with Crippen LogP contribution in [0.3, 0.4) is 0 Å². The fourth-order valence-corrected chi connectivity index (χ4v) is 1.42. The number of thiophene rings is 1. The first-order chi connectivity index (χ1) is 6.44. The maximum absolute atomic E-state index is 11.7. The Hall–Kier alpha value is -0.940. The Morgan fingerprint density at radius 3 is 2.71 bits per heavy atom. The Bertz CT molecular complexity index is 344. The molecule has 0 saturated carbocycles. The summed E-state index contributed by atoms with van der Waals surface area (Å²) in [4.78, 5) is 11.9. The molecule has 3 N–H and O–H groups in total. The fraction of sp³-hybridized carbons (Fsp3) is 0.333. The molecule has 14 heavy (non-hydrogen) atoms. The van der Waals surface area contributed by atoms with Crippen LogP contribution in [-0.2, 0) is 4.79 Å². The molecule has 0 aliphatic carbocycles. The standard InChI is InChI=1S/C9H12N2OS2/c1-9(2,7(10)13)8(12)11-6-3-4-14-5-6/h3-5H,1-2H3,(H2,10,13)(H,11,12). The molecule has 1 aromatic rings. The number of amides is 1. The molecule has 0 unspecified atom stereocenters. The first-order valence-electron chi connectivity index (χ1n) is 4.08. The van der Waals surface area contributed by atoms with E-state index < -0.39 is 5.41 Å². The molecule has 0 aromatic carbocycles. The number of hydrogen-bond donors (Lipinski definition) is 2. The Balaban J connectivity index is 2.72. The minimum atomic E-state index is -0.808. The van der Waals surface area contributed by atoms with Gasteiger partial charge in [-0.05, 0) is 25.3 Å². The second-order valence-electron chi connectivity index (χ2n) is 3.46. The van der Waals surface area contributed by atoms with Gasteiger partial charge in [-0.3, -0.25) is 4.79 Å². The summed E-state index contributed by atoms with van der Waals surface area (Å²) < 4.78 is 0. The Morgan fingerprint density at radius 2 is 2.29 bits per heavy atom. The van der Waals surface area contributed by atoms with Crippen LogP contribution in [0.4, 0.5) is 5.69 Å². The number of thiocarbonyl (C=S) groups is 1. The van der Waals surface area contributed by atoms with Crippen molar-refractivity contribution < 1.29 is 4.79 Å². The molecule has 0 aliphatic heterocycles. The lowest BCUT2D eigenvalue weighted by Crippen LogP contribution is -2.41. The molecular weight excluding hydrogens is 216 g/mol. The van der Waals surface area contributed by atoms with Crippen LogP contribution < -0.4 is 11.1 Å². The van der Waals surface area contributed by atoms with Crippen LogP contribution in [0.2, 0.25) is 0 Å². The van der Waals surface area contributed by atoms with E-state index in [1.165, 1.54) is 11.3 Å². The van der Waals surface area contributed by atoms with Gasteiger partial charge in [0.05, 0.1) is 16.1 Å². The first-order valence-corrected chi connectivity index (χ1v) is 5.43. The van der Waals surface area contributed by atoms with Crippen LogP contribution in [0.5, 0.6) is 0 Å². The number of anilines is 1. The van der Waals surface area contributed by atoms with Crippen molar-refractivity contribution >= 4 is 40.1 Å². The van der Waals surface area contributed by atoms with Crippen molar-refractivity contribution in [1.82, 2.24) is 0 Å². The molecule has 0 spiro atoms. The van der Waals surface area contributed by atoms with Gasteiger partial charge in [-0.1, -0.05) is 12.2 Å². The summed E-state index contributed by atoms with van der Waals surface area (Å²) in [6.45, 7) is 3.41. The van der Waals surface area contributed by atoms with E-state index in [0.29, 0.717) is 0 Å². The fourth-order valence-electron chi connectivity index (χ4n) is 0.735. The largest absolute Gasteiger partial charge is 0.392 e. The summed E-state index contributed by atoms with van der Waals surface area (Å²) >= 11 is 6.34. The number of nitrogens with one attached hydrogen (secondary N) is 1. The van der Waals surface area contributed by atoms with Crippen LogP contribution in [0.15, 0.2) is 16.8 Å². The molecule has 0 saturated heterocycles. The van der Waals surface area contributed by atoms with Crippen LogP contribution >= 0.6 is 23.6 Å². The quantitative estimate of drug-likeness (QED) is 0.778. The summed E-state index contributed by atoms with van der Waals surface area (Å²) in [5.41, 5.74) is 5.45. The van der Waals surface area contributed by atoms with Gasteiger partial charge >= 0.3 is 0 Å². The monoisotopic (exact) mass is 228 g/mol. The van der Waals surface area contributed by atoms with Crippen molar-refractivity contribution in [2.24, 2.45) is 11.1 Å². The maximum atomic E-state index is 11.7. The number of carbonyl (C=O) groups is 1. The van der Waals surface area contributed by atoms with Crippen molar-refractivity contribution in [3.63, 3.8) is 0 Å². The van der Waals surface area contributed by atoms with E-state index in [0.717, 1.165) is 5.69 Å². The molecule has 0 bridgehead atoms. The Kier molecular flexibility index (Phi) is 3.23. The molecule has 1 heterocycles. The summed E-state index contributed by atoms with van der Waals surface area (Å²) in [5, 5.41) is 6.49. The highest BCUT2D eigenvalue weighted by Crippen LogP contribution is 2.20. The average Bonchev–Trinajstić information content (AvgIpc) is 2.56. The molecule has 76 valence electrons. The van der Waals surface area contributed by atoms with Gasteiger partial charge in [-0.15, -0.1) is 0 Å². The van der Waals surface area contributed by atoms with Crippen molar-refractivity contribution in [2.75, 3.05) is 5.32 Å². The van der Waals surface area contributed by atoms with Gasteiger partial charge in [-0.25, -0.2) is 0 Å². The maximum Gasteiger partial charge on any atom is 0.236 e. The highest BCUT2D eigenvalue weighted by Gasteiger charge is 2.30. The van der Waals surface area contributed by atoms with Gasteiger partial charge in [0, 0.05) is 5.38 Å². The molecule has 0 atom stereocenters. The summed E-state index contributed by atoms with van der Waals surface area (Å²) in [5.74, 6) is -0.177. The van der Waals surface area contributed by atoms with Crippen molar-refractivity contribution in [3.05, 3.63) is 16.8 Å². The van der Waals surface area contributed by atoms with E-state index in [4.69, 9.17) is 18.0 Å². The van der Waals surface area contributed by atoms with Crippen LogP contribution in [-0.4, -0.2) is 10.9 Å². The van der Waals surface area contributed by atoms with E-state index in [1.54, 1.807) is 13.8 Å². The molecular formula is C9H12N2OS2. The number of hydrogen-bond acceptors (Lipinski definition) is 3. The van der Waals surface area contributed by atoms with Gasteiger partial charge < -0.3 is 11.1 Å². The molecule has 0 radical (unpaired) electrons. The molecule has 0 fully saturated rings. The second-order valence-corrected chi connectivity index (χ2v) is 4.68. The number of rotatable bonds is 3. The second kappa shape index (κ2) is 4.06. The Morgan fingerprint density at radius 1 is 1.64 bits per heavy atom. The number of carbonyl (C=O) groups excluding carboxylic acids is 1. The zero-order valence-electron chi connectivity index (χ0n) is 8.03. The van der Waals surface area contributed by atoms with Gasteiger partial charge in [0.15, 0.2) is 0 Å². The highest BCUT2D eigenvalue weighted by molar-refractivity contribution is 7.80. The van der Waals surface area contributed by atoms with Gasteiger partial charge in [0.1, 0.15) is 0 Å². The van der Waals surface area contributed by atoms with E-state index in [2.05, 4.69) is 5.32 Å². The molecule has 1 rings (SSSR count). The molecule has 1 aromatic heterocycles. The van der Waals surface area contributed by atoms with E-state index in [-0.39, 0.29) is 10.9 Å². The zero-order valence-corrected chi connectivity index (χ0v) is 9.67. The topological polar surface area (TPSA) is 55.1 Å². The van der Waals surface area contributed by atoms with Crippen LogP contribution in [0.25, 0.3) is 0 Å². The lowest BCUT2D eigenvalue weighted by Gasteiger charge is -2.21. The first kappa shape index (κ1) is 11.1. The normalized spacial score (nSPS) is 11.0. The zero-order chi connectivity index (χ0) is 10.8. The van der Waals surface area contributed by atoms with Crippen molar-refractivity contribution in [1.29, 1.82) is 0 Å². The van der Waals surface area contributed by atoms with Crippen molar-refractivity contribution in [3.8, 4) is 0 Å². The number of nitrogens with two attached hydrogens (primary N) is 1. The molecule has 1 amide bonds. The lowest BCUT2D eigenvalue weighted by molar-refractivity contribution is -0.121. The minimum absolute atomic E-state index is 0.177. The predicted octanol–water partition coefficient (Wildman–Crippen LogP) is 2.00. The molecule has 3 nitrogen and oxygen atoms in total. The minimum Gasteiger partial charge on any atom is -0.392 e. The highest BCUT2D eigenvalue weighted by atomic mass is 32.1. The SMILES string of the molecule is CC(C)(C(=O)Nc1ccsc1)C(N)=S. The van der Waals surface area contributed by atoms with E-state index in [1.807, 2.05) is 16.8 Å². The van der Waals surface area contributed by atoms with E-state index >= 15 is 0 Å². The smallest absolute Gasteiger partial charge is 0.236 e. The summed E-state index contributed by atoms with van der Waals surface area (Å²) in [7, 11) is 0. The van der Waals surface area contributed by atoms with E-state index in [9.17, 15) is 4.79 Å². The average molecular weight is 228 g/mol. The van der Waals surface area contributed by atoms with Crippen LogP contribution in [0.1, 0.15) is 13.8 Å². The third kappa shape index (κ3) is 2.30. The predicted molar refractivity (Wildman–Crippen MR) is 63.5 cm³/mol. The third-order valence-electron chi connectivity index (χ3n) is 1.96. The summed E-state index contributed by atoms with van der Waals surface area (Å²) in [6.07, 6.45) is 0. The lowest BCUT2D eigenvalue weighted by atomic mass is 9.92. The molecule has 0 aliphatic rings. The third-order valence-corrected chi connectivity index (χ3v) is 3.16.